The van der Waals surface area contributed by atoms with Crippen LogP contribution in [0.3, 0.4) is 0 Å². The van der Waals surface area contributed by atoms with E-state index >= 15 is 0 Å². The molecule has 0 amide bonds. The van der Waals surface area contributed by atoms with Crippen LogP contribution in [0.4, 0.5) is 0 Å². The molecule has 21 heavy (non-hydrogen) atoms. The first-order chi connectivity index (χ1) is 10.2. The van der Waals surface area contributed by atoms with Gasteiger partial charge in [-0.15, -0.1) is 0 Å². The highest BCUT2D eigenvalue weighted by Crippen LogP contribution is 2.50. The topological polar surface area (TPSA) is 56.4 Å². The minimum Gasteiger partial charge on any atom is -0.317 e. The van der Waals surface area contributed by atoms with Crippen molar-refractivity contribution >= 4 is 5.78 Å². The van der Waals surface area contributed by atoms with Gasteiger partial charge >= 0.3 is 0 Å². The number of hydrogen-bond acceptors (Lipinski definition) is 5. The number of nitrogens with zero attached hydrogens (tertiary/aromatic N) is 1. The first kappa shape index (κ1) is 14.1. The first-order valence-electron chi connectivity index (χ1n) is 8.70. The maximum Gasteiger partial charge on any atom is 0.133 e. The fraction of sp³-hybridized carbons (Fsp3) is 0.938. The molecule has 4 aliphatic rings. The molecule has 3 N–H and O–H groups in total. The Labute approximate surface area is 127 Å². The van der Waals surface area contributed by atoms with Gasteiger partial charge in [0.15, 0.2) is 0 Å². The third kappa shape index (κ3) is 2.09. The van der Waals surface area contributed by atoms with Gasteiger partial charge in [-0.1, -0.05) is 0 Å². The van der Waals surface area contributed by atoms with Gasteiger partial charge in [0.1, 0.15) is 5.78 Å². The standard InChI is InChI=1S/C16H28N4O/c1-11-15-9-14(21)8-12-10-18-7-4-16(12,15)20(19-11)13-2-5-17-6-3-13/h11-13,15,17-19H,2-10H2,1H3. The third-order valence-corrected chi connectivity index (χ3v) is 6.43. The average molecular weight is 292 g/mol. The van der Waals surface area contributed by atoms with Gasteiger partial charge in [-0.25, -0.2) is 5.01 Å². The second-order valence-electron chi connectivity index (χ2n) is 7.46. The van der Waals surface area contributed by atoms with Crippen LogP contribution in [0.1, 0.15) is 39.0 Å². The quantitative estimate of drug-likeness (QED) is 0.648. The highest BCUT2D eigenvalue weighted by molar-refractivity contribution is 5.80. The molecule has 3 aliphatic heterocycles. The number of carbonyl (C=O) groups is 1. The Morgan fingerprint density at radius 1 is 1.14 bits per heavy atom. The van der Waals surface area contributed by atoms with Crippen molar-refractivity contribution in [3.63, 3.8) is 0 Å². The Morgan fingerprint density at radius 3 is 2.76 bits per heavy atom. The fourth-order valence-electron chi connectivity index (χ4n) is 5.51. The lowest BCUT2D eigenvalue weighted by Crippen LogP contribution is -2.67. The van der Waals surface area contributed by atoms with Crippen molar-refractivity contribution < 1.29 is 4.79 Å². The summed E-state index contributed by atoms with van der Waals surface area (Å²) in [6.07, 6.45) is 5.20. The summed E-state index contributed by atoms with van der Waals surface area (Å²) < 4.78 is 0. The summed E-state index contributed by atoms with van der Waals surface area (Å²) in [5, 5.41) is 9.65. The molecule has 0 bridgehead atoms. The Morgan fingerprint density at radius 2 is 1.95 bits per heavy atom. The highest BCUT2D eigenvalue weighted by atomic mass is 16.1. The number of nitrogens with one attached hydrogen (secondary N) is 3. The van der Waals surface area contributed by atoms with Crippen LogP contribution in [0, 0.1) is 11.8 Å². The molecule has 118 valence electrons. The lowest BCUT2D eigenvalue weighted by Gasteiger charge is -2.54. The van der Waals surface area contributed by atoms with Gasteiger partial charge in [0.25, 0.3) is 0 Å². The van der Waals surface area contributed by atoms with E-state index in [0.29, 0.717) is 29.7 Å². The van der Waals surface area contributed by atoms with Crippen LogP contribution in [0.5, 0.6) is 0 Å². The Bertz CT molecular complexity index is 423. The molecule has 1 aliphatic carbocycles. The van der Waals surface area contributed by atoms with E-state index in [1.54, 1.807) is 0 Å². The highest BCUT2D eigenvalue weighted by Gasteiger charge is 2.61. The lowest BCUT2D eigenvalue weighted by molar-refractivity contribution is -0.132. The minimum absolute atomic E-state index is 0.223. The summed E-state index contributed by atoms with van der Waals surface area (Å²) in [7, 11) is 0. The van der Waals surface area contributed by atoms with Crippen molar-refractivity contribution in [1.29, 1.82) is 0 Å². The summed E-state index contributed by atoms with van der Waals surface area (Å²) in [6, 6.07) is 1.07. The summed E-state index contributed by atoms with van der Waals surface area (Å²) in [5.41, 5.74) is 4.02. The predicted molar refractivity (Wildman–Crippen MR) is 81.8 cm³/mol. The molecule has 0 radical (unpaired) electrons. The molecule has 1 saturated carbocycles. The molecule has 4 fully saturated rings. The molecule has 3 heterocycles. The van der Waals surface area contributed by atoms with Crippen LogP contribution in [-0.4, -0.2) is 54.6 Å². The second kappa shape index (κ2) is 5.30. The number of rotatable bonds is 1. The van der Waals surface area contributed by atoms with E-state index < -0.39 is 0 Å². The molecule has 0 aromatic rings. The van der Waals surface area contributed by atoms with E-state index in [2.05, 4.69) is 28.0 Å². The maximum atomic E-state index is 12.2. The maximum absolute atomic E-state index is 12.2. The van der Waals surface area contributed by atoms with Crippen molar-refractivity contribution in [3.05, 3.63) is 0 Å². The van der Waals surface area contributed by atoms with Gasteiger partial charge in [-0.2, -0.15) is 0 Å². The first-order valence-corrected chi connectivity index (χ1v) is 8.70. The number of hydrazine groups is 1. The molecule has 3 saturated heterocycles. The van der Waals surface area contributed by atoms with Gasteiger partial charge in [0.2, 0.25) is 0 Å². The summed E-state index contributed by atoms with van der Waals surface area (Å²) >= 11 is 0. The van der Waals surface area contributed by atoms with Gasteiger partial charge < -0.3 is 10.6 Å². The van der Waals surface area contributed by atoms with E-state index in [4.69, 9.17) is 0 Å². The second-order valence-corrected chi connectivity index (χ2v) is 7.46. The third-order valence-electron chi connectivity index (χ3n) is 6.43. The van der Waals surface area contributed by atoms with Crippen LogP contribution in [0.2, 0.25) is 0 Å². The van der Waals surface area contributed by atoms with E-state index in [1.165, 1.54) is 19.3 Å². The summed E-state index contributed by atoms with van der Waals surface area (Å²) in [6.45, 7) is 6.64. The van der Waals surface area contributed by atoms with Crippen LogP contribution in [0.25, 0.3) is 0 Å². The normalized spacial score (nSPS) is 45.4. The van der Waals surface area contributed by atoms with Crippen LogP contribution in [-0.2, 0) is 4.79 Å². The average Bonchev–Trinajstić information content (AvgIpc) is 2.79. The van der Waals surface area contributed by atoms with Gasteiger partial charge in [0.05, 0.1) is 0 Å². The Kier molecular flexibility index (Phi) is 3.57. The molecule has 4 unspecified atom stereocenters. The van der Waals surface area contributed by atoms with E-state index in [9.17, 15) is 4.79 Å². The SMILES string of the molecule is CC1NN(C2CCNCC2)C23CCNCC2CC(=O)CC13. The number of piperidine rings is 2. The van der Waals surface area contributed by atoms with Gasteiger partial charge in [-0.3, -0.25) is 10.2 Å². The van der Waals surface area contributed by atoms with Crippen LogP contribution < -0.4 is 16.1 Å². The van der Waals surface area contributed by atoms with Crippen molar-refractivity contribution in [2.45, 2.75) is 56.7 Å². The zero-order chi connectivity index (χ0) is 14.4. The van der Waals surface area contributed by atoms with Crippen molar-refractivity contribution in [1.82, 2.24) is 21.1 Å². The number of hydrogen-bond donors (Lipinski definition) is 3. The molecule has 0 aromatic heterocycles. The molecule has 0 aromatic carbocycles. The summed E-state index contributed by atoms with van der Waals surface area (Å²) in [5.74, 6) is 1.47. The largest absolute Gasteiger partial charge is 0.317 e. The smallest absolute Gasteiger partial charge is 0.133 e. The zero-order valence-corrected chi connectivity index (χ0v) is 13.0. The molecule has 5 nitrogen and oxygen atoms in total. The number of ketones is 1. The minimum atomic E-state index is 0.223. The number of Topliss-reactive ketones (excluding diaryl/α,β-unsaturated/α-hetero) is 1. The lowest BCUT2D eigenvalue weighted by atomic mass is 9.61. The molecular formula is C16H28N4O. The van der Waals surface area contributed by atoms with E-state index in [0.717, 1.165) is 39.0 Å². The van der Waals surface area contributed by atoms with E-state index in [1.807, 2.05) is 0 Å². The Balaban J connectivity index is 1.69. The molecule has 5 heteroatoms. The van der Waals surface area contributed by atoms with E-state index in [-0.39, 0.29) is 5.54 Å². The van der Waals surface area contributed by atoms with Crippen LogP contribution in [0.15, 0.2) is 0 Å². The molecule has 4 atom stereocenters. The van der Waals surface area contributed by atoms with Crippen molar-refractivity contribution in [2.75, 3.05) is 26.2 Å². The molecule has 4 rings (SSSR count). The van der Waals surface area contributed by atoms with Gasteiger partial charge in [0, 0.05) is 42.9 Å². The molecule has 1 spiro atoms. The van der Waals surface area contributed by atoms with Crippen LogP contribution >= 0.6 is 0 Å². The number of carbonyl (C=O) groups excluding carboxylic acids is 1. The van der Waals surface area contributed by atoms with Crippen molar-refractivity contribution in [2.24, 2.45) is 11.8 Å². The summed E-state index contributed by atoms with van der Waals surface area (Å²) in [4.78, 5) is 12.2. The Hall–Kier alpha value is -0.490. The van der Waals surface area contributed by atoms with Crippen molar-refractivity contribution in [3.8, 4) is 0 Å². The molecular weight excluding hydrogens is 264 g/mol. The zero-order valence-electron chi connectivity index (χ0n) is 13.0. The predicted octanol–water partition coefficient (Wildman–Crippen LogP) is 0.275. The van der Waals surface area contributed by atoms with Gasteiger partial charge in [-0.05, 0) is 51.7 Å². The fourth-order valence-corrected chi connectivity index (χ4v) is 5.51. The monoisotopic (exact) mass is 292 g/mol.